The van der Waals surface area contributed by atoms with Crippen molar-refractivity contribution in [2.24, 2.45) is 7.05 Å². The van der Waals surface area contributed by atoms with Crippen LogP contribution >= 0.6 is 0 Å². The average Bonchev–Trinajstić information content (AvgIpc) is 2.92. The summed E-state index contributed by atoms with van der Waals surface area (Å²) in [6.45, 7) is 6.32. The first-order chi connectivity index (χ1) is 12.2. The van der Waals surface area contributed by atoms with Gasteiger partial charge in [0.1, 0.15) is 5.82 Å². The topological polar surface area (TPSA) is 33.1 Å². The first-order valence-corrected chi connectivity index (χ1v) is 9.21. The Morgan fingerprint density at radius 3 is 2.76 bits per heavy atom. The number of hydrogen-bond donors (Lipinski definition) is 1. The van der Waals surface area contributed by atoms with Gasteiger partial charge in [-0.3, -0.25) is 0 Å². The fraction of sp³-hybridized carbons (Fsp3) is 0.381. The van der Waals surface area contributed by atoms with Crippen molar-refractivity contribution in [3.63, 3.8) is 0 Å². The maximum Gasteiger partial charge on any atom is 0.106 e. The molecule has 4 rings (SSSR count). The number of nitrogens with zero attached hydrogens (tertiary/aromatic N) is 3. The highest BCUT2D eigenvalue weighted by molar-refractivity contribution is 5.89. The molecule has 0 radical (unpaired) electrons. The number of imidazole rings is 1. The highest BCUT2D eigenvalue weighted by atomic mass is 15.2. The van der Waals surface area contributed by atoms with Gasteiger partial charge >= 0.3 is 0 Å². The zero-order chi connectivity index (χ0) is 17.4. The molecule has 1 atom stereocenters. The molecule has 2 heterocycles. The second-order valence-electron chi connectivity index (χ2n) is 6.93. The van der Waals surface area contributed by atoms with E-state index in [4.69, 9.17) is 4.98 Å². The van der Waals surface area contributed by atoms with Crippen LogP contribution < -0.4 is 10.2 Å². The summed E-state index contributed by atoms with van der Waals surface area (Å²) in [5, 5.41) is 3.66. The Balaban J connectivity index is 1.81. The SMILES string of the molecule is CCCCN1c2cc3nc(C)n(C)c3cc2NCC1c1ccccc1. The third-order valence-corrected chi connectivity index (χ3v) is 5.33. The van der Waals surface area contributed by atoms with Crippen LogP contribution in [0.4, 0.5) is 11.4 Å². The number of hydrogen-bond acceptors (Lipinski definition) is 3. The monoisotopic (exact) mass is 334 g/mol. The van der Waals surface area contributed by atoms with Gasteiger partial charge in [0.15, 0.2) is 0 Å². The number of nitrogens with one attached hydrogen (secondary N) is 1. The van der Waals surface area contributed by atoms with Crippen LogP contribution in [0.5, 0.6) is 0 Å². The number of benzene rings is 2. The number of aryl methyl sites for hydroxylation is 2. The molecule has 0 saturated heterocycles. The third-order valence-electron chi connectivity index (χ3n) is 5.33. The number of aromatic nitrogens is 2. The van der Waals surface area contributed by atoms with Crippen molar-refractivity contribution in [1.29, 1.82) is 0 Å². The summed E-state index contributed by atoms with van der Waals surface area (Å²) in [4.78, 5) is 7.31. The quantitative estimate of drug-likeness (QED) is 0.753. The van der Waals surface area contributed by atoms with Crippen molar-refractivity contribution in [2.45, 2.75) is 32.7 Å². The molecule has 0 amide bonds. The number of anilines is 2. The minimum atomic E-state index is 0.363. The molecule has 0 fully saturated rings. The van der Waals surface area contributed by atoms with Gasteiger partial charge in [-0.05, 0) is 31.0 Å². The molecule has 2 aromatic carbocycles. The van der Waals surface area contributed by atoms with E-state index in [1.54, 1.807) is 0 Å². The van der Waals surface area contributed by atoms with E-state index in [0.29, 0.717) is 6.04 Å². The fourth-order valence-electron chi connectivity index (χ4n) is 3.79. The maximum absolute atomic E-state index is 4.74. The molecule has 0 bridgehead atoms. The molecule has 25 heavy (non-hydrogen) atoms. The van der Waals surface area contributed by atoms with Gasteiger partial charge in [-0.15, -0.1) is 0 Å². The highest BCUT2D eigenvalue weighted by Crippen LogP contribution is 2.40. The largest absolute Gasteiger partial charge is 0.381 e. The van der Waals surface area contributed by atoms with Crippen molar-refractivity contribution < 1.29 is 0 Å². The standard InChI is InChI=1S/C21H26N4/c1-4-5-11-25-20-13-18-19(24(3)15(2)23-18)12-17(20)22-14-21(25)16-9-7-6-8-10-16/h6-10,12-13,21-22H,4-5,11,14H2,1-3H3. The second-order valence-corrected chi connectivity index (χ2v) is 6.93. The zero-order valence-corrected chi connectivity index (χ0v) is 15.3. The summed E-state index contributed by atoms with van der Waals surface area (Å²) in [7, 11) is 2.08. The predicted molar refractivity (Wildman–Crippen MR) is 105 cm³/mol. The number of unbranched alkanes of at least 4 members (excludes halogenated alkanes) is 1. The Kier molecular flexibility index (Phi) is 4.12. The summed E-state index contributed by atoms with van der Waals surface area (Å²) in [6, 6.07) is 15.7. The Morgan fingerprint density at radius 1 is 1.20 bits per heavy atom. The summed E-state index contributed by atoms with van der Waals surface area (Å²) in [5.41, 5.74) is 6.14. The summed E-state index contributed by atoms with van der Waals surface area (Å²) >= 11 is 0. The molecule has 1 aliphatic heterocycles. The van der Waals surface area contributed by atoms with Crippen LogP contribution in [-0.4, -0.2) is 22.6 Å². The van der Waals surface area contributed by atoms with Gasteiger partial charge in [0, 0.05) is 20.1 Å². The summed E-state index contributed by atoms with van der Waals surface area (Å²) < 4.78 is 2.16. The molecule has 0 saturated carbocycles. The van der Waals surface area contributed by atoms with E-state index < -0.39 is 0 Å². The van der Waals surface area contributed by atoms with Gasteiger partial charge in [-0.2, -0.15) is 0 Å². The van der Waals surface area contributed by atoms with Gasteiger partial charge in [0.25, 0.3) is 0 Å². The molecule has 130 valence electrons. The lowest BCUT2D eigenvalue weighted by molar-refractivity contribution is 0.605. The molecule has 4 heteroatoms. The molecule has 1 unspecified atom stereocenters. The van der Waals surface area contributed by atoms with Crippen LogP contribution in [0.1, 0.15) is 37.2 Å². The average molecular weight is 334 g/mol. The Hall–Kier alpha value is -2.49. The zero-order valence-electron chi connectivity index (χ0n) is 15.3. The normalized spacial score (nSPS) is 16.8. The number of rotatable bonds is 4. The maximum atomic E-state index is 4.74. The van der Waals surface area contributed by atoms with Crippen molar-refractivity contribution in [2.75, 3.05) is 23.3 Å². The van der Waals surface area contributed by atoms with E-state index in [1.165, 1.54) is 35.3 Å². The van der Waals surface area contributed by atoms with Crippen LogP contribution in [0.3, 0.4) is 0 Å². The lowest BCUT2D eigenvalue weighted by Gasteiger charge is -2.40. The minimum absolute atomic E-state index is 0.363. The van der Waals surface area contributed by atoms with Crippen molar-refractivity contribution in [1.82, 2.24) is 9.55 Å². The van der Waals surface area contributed by atoms with Crippen molar-refractivity contribution >= 4 is 22.4 Å². The Labute approximate surface area is 149 Å². The van der Waals surface area contributed by atoms with Crippen LogP contribution in [0.2, 0.25) is 0 Å². The summed E-state index contributed by atoms with van der Waals surface area (Å²) in [6.07, 6.45) is 2.40. The van der Waals surface area contributed by atoms with Gasteiger partial charge in [0.2, 0.25) is 0 Å². The molecule has 3 aromatic rings. The highest BCUT2D eigenvalue weighted by Gasteiger charge is 2.28. The Morgan fingerprint density at radius 2 is 2.00 bits per heavy atom. The van der Waals surface area contributed by atoms with E-state index in [1.807, 2.05) is 0 Å². The van der Waals surface area contributed by atoms with Crippen molar-refractivity contribution in [3.05, 3.63) is 53.9 Å². The van der Waals surface area contributed by atoms with Crippen molar-refractivity contribution in [3.8, 4) is 0 Å². The molecular formula is C21H26N4. The van der Waals surface area contributed by atoms with E-state index in [2.05, 4.69) is 78.1 Å². The molecule has 1 N–H and O–H groups in total. The van der Waals surface area contributed by atoms with Gasteiger partial charge < -0.3 is 14.8 Å². The predicted octanol–water partition coefficient (Wildman–Crippen LogP) is 4.66. The van der Waals surface area contributed by atoms with E-state index in [-0.39, 0.29) is 0 Å². The van der Waals surface area contributed by atoms with Gasteiger partial charge in [0.05, 0.1) is 28.5 Å². The third kappa shape index (κ3) is 2.76. The Bertz CT molecular complexity index is 882. The van der Waals surface area contributed by atoms with Crippen LogP contribution in [0.15, 0.2) is 42.5 Å². The molecular weight excluding hydrogens is 308 g/mol. The lowest BCUT2D eigenvalue weighted by atomic mass is 10.00. The molecule has 0 spiro atoms. The first-order valence-electron chi connectivity index (χ1n) is 9.21. The van der Waals surface area contributed by atoms with E-state index in [0.717, 1.165) is 24.4 Å². The van der Waals surface area contributed by atoms with E-state index >= 15 is 0 Å². The lowest BCUT2D eigenvalue weighted by Crippen LogP contribution is -2.38. The second kappa shape index (κ2) is 6.43. The van der Waals surface area contributed by atoms with E-state index in [9.17, 15) is 0 Å². The van der Waals surface area contributed by atoms with Gasteiger partial charge in [-0.1, -0.05) is 43.7 Å². The van der Waals surface area contributed by atoms with Crippen LogP contribution in [-0.2, 0) is 7.05 Å². The number of fused-ring (bicyclic) bond motifs is 2. The van der Waals surface area contributed by atoms with Crippen LogP contribution in [0.25, 0.3) is 11.0 Å². The first kappa shape index (κ1) is 16.0. The summed E-state index contributed by atoms with van der Waals surface area (Å²) in [5.74, 6) is 1.05. The molecule has 4 nitrogen and oxygen atoms in total. The smallest absolute Gasteiger partial charge is 0.106 e. The van der Waals surface area contributed by atoms with Crippen LogP contribution in [0, 0.1) is 6.92 Å². The molecule has 1 aliphatic rings. The molecule has 0 aliphatic carbocycles. The minimum Gasteiger partial charge on any atom is -0.381 e. The molecule has 1 aromatic heterocycles. The fourth-order valence-corrected chi connectivity index (χ4v) is 3.79. The van der Waals surface area contributed by atoms with Gasteiger partial charge in [-0.25, -0.2) is 4.98 Å².